The van der Waals surface area contributed by atoms with Crippen LogP contribution in [0.5, 0.6) is 0 Å². The van der Waals surface area contributed by atoms with E-state index in [-0.39, 0.29) is 0 Å². The molecule has 3 heteroatoms. The Kier molecular flexibility index (Phi) is 7.06. The van der Waals surface area contributed by atoms with E-state index in [9.17, 15) is 0 Å². The van der Waals surface area contributed by atoms with Gasteiger partial charge in [0.25, 0.3) is 0 Å². The summed E-state index contributed by atoms with van der Waals surface area (Å²) in [5.41, 5.74) is 1.22. The van der Waals surface area contributed by atoms with Gasteiger partial charge in [-0.2, -0.15) is 0 Å². The second-order valence-corrected chi connectivity index (χ2v) is 5.86. The molecule has 0 saturated heterocycles. The molecule has 0 spiro atoms. The van der Waals surface area contributed by atoms with Gasteiger partial charge >= 0.3 is 0 Å². The van der Waals surface area contributed by atoms with Crippen molar-refractivity contribution in [3.8, 4) is 0 Å². The zero-order valence-electron chi connectivity index (χ0n) is 12.3. The van der Waals surface area contributed by atoms with Crippen LogP contribution in [-0.4, -0.2) is 31.1 Å². The molecular weight excluding hydrogens is 224 g/mol. The van der Waals surface area contributed by atoms with Crippen molar-refractivity contribution in [3.05, 3.63) is 24.2 Å². The Balaban J connectivity index is 2.19. The first-order chi connectivity index (χ1) is 8.58. The maximum atomic E-state index is 5.05. The van der Waals surface area contributed by atoms with Crippen LogP contribution in [0.4, 0.5) is 0 Å². The average molecular weight is 252 g/mol. The molecule has 1 N–H and O–H groups in total. The molecule has 0 aliphatic carbocycles. The maximum absolute atomic E-state index is 5.05. The highest BCUT2D eigenvalue weighted by atomic mass is 16.3. The highest BCUT2D eigenvalue weighted by Crippen LogP contribution is 2.03. The lowest BCUT2D eigenvalue weighted by Gasteiger charge is -2.26. The van der Waals surface area contributed by atoms with Gasteiger partial charge in [-0.25, -0.2) is 0 Å². The van der Waals surface area contributed by atoms with Gasteiger partial charge in [-0.05, 0) is 17.9 Å². The second kappa shape index (κ2) is 8.33. The maximum Gasteiger partial charge on any atom is 0.0947 e. The number of hydrogen-bond acceptors (Lipinski definition) is 3. The van der Waals surface area contributed by atoms with Gasteiger partial charge in [-0.15, -0.1) is 0 Å². The topological polar surface area (TPSA) is 28.4 Å². The molecule has 3 nitrogen and oxygen atoms in total. The van der Waals surface area contributed by atoms with Crippen LogP contribution < -0.4 is 5.32 Å². The van der Waals surface area contributed by atoms with Gasteiger partial charge in [0, 0.05) is 38.3 Å². The number of rotatable bonds is 9. The summed E-state index contributed by atoms with van der Waals surface area (Å²) >= 11 is 0. The van der Waals surface area contributed by atoms with E-state index in [1.54, 1.807) is 12.5 Å². The molecule has 1 aromatic rings. The Morgan fingerprint density at radius 1 is 1.17 bits per heavy atom. The summed E-state index contributed by atoms with van der Waals surface area (Å²) in [5.74, 6) is 1.47. The van der Waals surface area contributed by atoms with E-state index in [1.807, 2.05) is 6.07 Å². The molecule has 0 unspecified atom stereocenters. The van der Waals surface area contributed by atoms with Crippen molar-refractivity contribution in [1.29, 1.82) is 0 Å². The normalized spacial score (nSPS) is 11.9. The van der Waals surface area contributed by atoms with E-state index in [1.165, 1.54) is 18.7 Å². The molecule has 0 fully saturated rings. The van der Waals surface area contributed by atoms with Crippen molar-refractivity contribution in [1.82, 2.24) is 10.2 Å². The fraction of sp³-hybridized carbons (Fsp3) is 0.733. The molecule has 1 heterocycles. The molecule has 104 valence electrons. The van der Waals surface area contributed by atoms with Crippen LogP contribution in [0.15, 0.2) is 23.0 Å². The molecule has 0 aliphatic rings. The average Bonchev–Trinajstić information content (AvgIpc) is 2.75. The van der Waals surface area contributed by atoms with Crippen molar-refractivity contribution in [2.45, 2.75) is 34.2 Å². The lowest BCUT2D eigenvalue weighted by Crippen LogP contribution is -2.36. The Hall–Kier alpha value is -0.800. The zero-order valence-corrected chi connectivity index (χ0v) is 12.3. The fourth-order valence-electron chi connectivity index (χ4n) is 2.15. The first kappa shape index (κ1) is 15.3. The molecule has 0 aromatic carbocycles. The van der Waals surface area contributed by atoms with E-state index in [0.29, 0.717) is 0 Å². The third-order valence-corrected chi connectivity index (χ3v) is 2.76. The summed E-state index contributed by atoms with van der Waals surface area (Å²) in [4.78, 5) is 2.55. The number of furan rings is 1. The predicted molar refractivity (Wildman–Crippen MR) is 76.5 cm³/mol. The number of nitrogens with zero attached hydrogens (tertiary/aromatic N) is 1. The van der Waals surface area contributed by atoms with Crippen molar-refractivity contribution < 1.29 is 4.42 Å². The van der Waals surface area contributed by atoms with E-state index in [4.69, 9.17) is 4.42 Å². The molecule has 0 aliphatic heterocycles. The quantitative estimate of drug-likeness (QED) is 0.685. The van der Waals surface area contributed by atoms with E-state index < -0.39 is 0 Å². The molecule has 1 rings (SSSR count). The zero-order chi connectivity index (χ0) is 13.4. The van der Waals surface area contributed by atoms with Crippen LogP contribution in [0.3, 0.4) is 0 Å². The van der Waals surface area contributed by atoms with Crippen LogP contribution in [0, 0.1) is 11.8 Å². The van der Waals surface area contributed by atoms with Gasteiger partial charge in [-0.1, -0.05) is 27.7 Å². The molecule has 0 bridgehead atoms. The Labute approximate surface area is 112 Å². The molecule has 0 radical (unpaired) electrons. The van der Waals surface area contributed by atoms with Gasteiger partial charge in [0.15, 0.2) is 0 Å². The van der Waals surface area contributed by atoms with Crippen molar-refractivity contribution in [3.63, 3.8) is 0 Å². The highest BCUT2D eigenvalue weighted by molar-refractivity contribution is 5.04. The van der Waals surface area contributed by atoms with Crippen molar-refractivity contribution in [2.24, 2.45) is 11.8 Å². The van der Waals surface area contributed by atoms with Gasteiger partial charge in [0.05, 0.1) is 12.5 Å². The van der Waals surface area contributed by atoms with Crippen molar-refractivity contribution >= 4 is 0 Å². The summed E-state index contributed by atoms with van der Waals surface area (Å²) in [5, 5.41) is 3.46. The monoisotopic (exact) mass is 252 g/mol. The minimum atomic E-state index is 0.734. The Bertz CT molecular complexity index is 283. The summed E-state index contributed by atoms with van der Waals surface area (Å²) in [6.45, 7) is 14.6. The number of hydrogen-bond donors (Lipinski definition) is 1. The summed E-state index contributed by atoms with van der Waals surface area (Å²) < 4.78 is 5.05. The van der Waals surface area contributed by atoms with Crippen LogP contribution in [-0.2, 0) is 6.54 Å². The smallest absolute Gasteiger partial charge is 0.0947 e. The van der Waals surface area contributed by atoms with E-state index >= 15 is 0 Å². The lowest BCUT2D eigenvalue weighted by molar-refractivity contribution is 0.219. The van der Waals surface area contributed by atoms with Crippen LogP contribution in [0.2, 0.25) is 0 Å². The lowest BCUT2D eigenvalue weighted by atomic mass is 10.1. The molecule has 0 amide bonds. The fourth-order valence-corrected chi connectivity index (χ4v) is 2.15. The Morgan fingerprint density at radius 3 is 2.33 bits per heavy atom. The van der Waals surface area contributed by atoms with Crippen LogP contribution in [0.1, 0.15) is 33.3 Å². The van der Waals surface area contributed by atoms with E-state index in [2.05, 4.69) is 37.9 Å². The minimum Gasteiger partial charge on any atom is -0.472 e. The Morgan fingerprint density at radius 2 is 1.83 bits per heavy atom. The summed E-state index contributed by atoms with van der Waals surface area (Å²) in [6, 6.07) is 2.01. The van der Waals surface area contributed by atoms with Crippen molar-refractivity contribution in [2.75, 3.05) is 26.2 Å². The van der Waals surface area contributed by atoms with Crippen LogP contribution in [0.25, 0.3) is 0 Å². The first-order valence-electron chi connectivity index (χ1n) is 7.02. The molecule has 1 aromatic heterocycles. The van der Waals surface area contributed by atoms with Gasteiger partial charge in [0.2, 0.25) is 0 Å². The SMILES string of the molecule is CC(C)CN(CCNCc1ccoc1)CC(C)C. The summed E-state index contributed by atoms with van der Waals surface area (Å²) in [6.07, 6.45) is 3.52. The first-order valence-corrected chi connectivity index (χ1v) is 7.02. The second-order valence-electron chi connectivity index (χ2n) is 5.86. The van der Waals surface area contributed by atoms with Crippen LogP contribution >= 0.6 is 0 Å². The molecule has 18 heavy (non-hydrogen) atoms. The third-order valence-electron chi connectivity index (χ3n) is 2.76. The molecule has 0 saturated carbocycles. The molecule has 0 atom stereocenters. The largest absolute Gasteiger partial charge is 0.472 e. The summed E-state index contributed by atoms with van der Waals surface area (Å²) in [7, 11) is 0. The van der Waals surface area contributed by atoms with Gasteiger partial charge in [-0.3, -0.25) is 0 Å². The van der Waals surface area contributed by atoms with E-state index in [0.717, 1.165) is 31.5 Å². The number of nitrogens with one attached hydrogen (secondary N) is 1. The van der Waals surface area contributed by atoms with Gasteiger partial charge < -0.3 is 14.6 Å². The third kappa shape index (κ3) is 6.82. The molecular formula is C15H28N2O. The highest BCUT2D eigenvalue weighted by Gasteiger charge is 2.08. The van der Waals surface area contributed by atoms with Gasteiger partial charge in [0.1, 0.15) is 0 Å². The minimum absolute atomic E-state index is 0.734. The predicted octanol–water partition coefficient (Wildman–Crippen LogP) is 2.98. The standard InChI is InChI=1S/C15H28N2O/c1-13(2)10-17(11-14(3)4)7-6-16-9-15-5-8-18-12-15/h5,8,12-14,16H,6-7,9-11H2,1-4H3.